The maximum absolute atomic E-state index is 12.7. The van der Waals surface area contributed by atoms with Gasteiger partial charge in [-0.05, 0) is 38.8 Å². The molecular weight excluding hydrogens is 352 g/mol. The third kappa shape index (κ3) is 3.94. The fraction of sp³-hybridized carbons (Fsp3) is 0.421. The number of amides is 1. The van der Waals surface area contributed by atoms with Crippen LogP contribution < -0.4 is 0 Å². The quantitative estimate of drug-likeness (QED) is 0.833. The van der Waals surface area contributed by atoms with Gasteiger partial charge in [0, 0.05) is 24.2 Å². The van der Waals surface area contributed by atoms with E-state index in [2.05, 4.69) is 4.98 Å². The van der Waals surface area contributed by atoms with Crippen LogP contribution in [0.3, 0.4) is 0 Å². The Morgan fingerprint density at radius 3 is 2.96 bits per heavy atom. The summed E-state index contributed by atoms with van der Waals surface area (Å²) in [7, 11) is 0. The lowest BCUT2D eigenvalue weighted by atomic mass is 10.1. The van der Waals surface area contributed by atoms with Crippen molar-refractivity contribution in [3.05, 3.63) is 40.4 Å². The zero-order valence-corrected chi connectivity index (χ0v) is 15.7. The maximum Gasteiger partial charge on any atom is 0.350 e. The van der Waals surface area contributed by atoms with Gasteiger partial charge in [-0.3, -0.25) is 4.79 Å². The SMILES string of the molecule is CCOC(=O)c1sc(-c2cccc(C(=O)N3CCC[C@H](O)C3)c2)nc1C. The molecule has 0 saturated carbocycles. The molecule has 0 aliphatic carbocycles. The number of piperidine rings is 1. The van der Waals surface area contributed by atoms with Crippen molar-refractivity contribution in [3.63, 3.8) is 0 Å². The Bertz CT molecular complexity index is 818. The van der Waals surface area contributed by atoms with Crippen LogP contribution in [0.15, 0.2) is 24.3 Å². The molecule has 3 rings (SSSR count). The van der Waals surface area contributed by atoms with Gasteiger partial charge < -0.3 is 14.7 Å². The van der Waals surface area contributed by atoms with Gasteiger partial charge in [-0.2, -0.15) is 0 Å². The number of likely N-dealkylation sites (tertiary alicyclic amines) is 1. The summed E-state index contributed by atoms with van der Waals surface area (Å²) >= 11 is 1.27. The molecule has 138 valence electrons. The van der Waals surface area contributed by atoms with Gasteiger partial charge in [0.2, 0.25) is 0 Å². The van der Waals surface area contributed by atoms with E-state index >= 15 is 0 Å². The third-order valence-corrected chi connectivity index (χ3v) is 5.48. The molecule has 0 bridgehead atoms. The molecule has 1 aromatic heterocycles. The molecule has 1 aliphatic heterocycles. The van der Waals surface area contributed by atoms with Gasteiger partial charge in [0.1, 0.15) is 9.88 Å². The van der Waals surface area contributed by atoms with E-state index in [0.717, 1.165) is 18.4 Å². The van der Waals surface area contributed by atoms with Gasteiger partial charge in [-0.25, -0.2) is 9.78 Å². The van der Waals surface area contributed by atoms with Crippen molar-refractivity contribution in [3.8, 4) is 10.6 Å². The van der Waals surface area contributed by atoms with Crippen LogP contribution in [-0.2, 0) is 4.74 Å². The zero-order chi connectivity index (χ0) is 18.7. The van der Waals surface area contributed by atoms with Crippen molar-refractivity contribution >= 4 is 23.2 Å². The Labute approximate surface area is 156 Å². The number of carbonyl (C=O) groups is 2. The summed E-state index contributed by atoms with van der Waals surface area (Å²) in [6, 6.07) is 7.23. The highest BCUT2D eigenvalue weighted by atomic mass is 32.1. The average molecular weight is 374 g/mol. The summed E-state index contributed by atoms with van der Waals surface area (Å²) in [5.41, 5.74) is 1.97. The zero-order valence-electron chi connectivity index (χ0n) is 14.9. The summed E-state index contributed by atoms with van der Waals surface area (Å²) in [6.07, 6.45) is 1.09. The van der Waals surface area contributed by atoms with Crippen LogP contribution in [0, 0.1) is 6.92 Å². The van der Waals surface area contributed by atoms with Gasteiger partial charge in [-0.1, -0.05) is 12.1 Å². The van der Waals surface area contributed by atoms with E-state index < -0.39 is 6.10 Å². The van der Waals surface area contributed by atoms with Crippen LogP contribution >= 0.6 is 11.3 Å². The first-order valence-corrected chi connectivity index (χ1v) is 9.53. The normalized spacial score (nSPS) is 17.2. The third-order valence-electron chi connectivity index (χ3n) is 4.30. The minimum atomic E-state index is -0.454. The molecule has 1 atom stereocenters. The van der Waals surface area contributed by atoms with E-state index in [0.29, 0.717) is 40.8 Å². The lowest BCUT2D eigenvalue weighted by Crippen LogP contribution is -2.42. The predicted octanol–water partition coefficient (Wildman–Crippen LogP) is 2.89. The molecular formula is C19H22N2O4S. The second-order valence-electron chi connectivity index (χ2n) is 6.28. The second-order valence-corrected chi connectivity index (χ2v) is 7.28. The number of β-amino-alcohol motifs (C(OH)–C–C–N with tert-alkyl or cyclic N) is 1. The Kier molecular flexibility index (Phi) is 5.68. The molecule has 2 aromatic rings. The molecule has 1 fully saturated rings. The van der Waals surface area contributed by atoms with Gasteiger partial charge in [0.25, 0.3) is 5.91 Å². The number of esters is 1. The largest absolute Gasteiger partial charge is 0.462 e. The number of carbonyl (C=O) groups excluding carboxylic acids is 2. The number of aryl methyl sites for hydroxylation is 1. The van der Waals surface area contributed by atoms with Gasteiger partial charge in [0.15, 0.2) is 0 Å². The molecule has 2 heterocycles. The number of benzene rings is 1. The van der Waals surface area contributed by atoms with E-state index in [-0.39, 0.29) is 11.9 Å². The first kappa shape index (κ1) is 18.5. The molecule has 0 spiro atoms. The number of hydrogen-bond acceptors (Lipinski definition) is 6. The van der Waals surface area contributed by atoms with Crippen LogP contribution in [0.25, 0.3) is 10.6 Å². The number of hydrogen-bond donors (Lipinski definition) is 1. The Morgan fingerprint density at radius 1 is 1.42 bits per heavy atom. The van der Waals surface area contributed by atoms with Gasteiger partial charge >= 0.3 is 5.97 Å². The number of rotatable bonds is 4. The fourth-order valence-corrected chi connectivity index (χ4v) is 3.97. The number of aliphatic hydroxyl groups is 1. The van der Waals surface area contributed by atoms with Crippen LogP contribution in [-0.4, -0.2) is 52.7 Å². The van der Waals surface area contributed by atoms with Crippen molar-refractivity contribution in [2.24, 2.45) is 0 Å². The minimum absolute atomic E-state index is 0.0931. The van der Waals surface area contributed by atoms with E-state index in [4.69, 9.17) is 4.74 Å². The highest BCUT2D eigenvalue weighted by Crippen LogP contribution is 2.29. The molecule has 1 saturated heterocycles. The molecule has 7 heteroatoms. The predicted molar refractivity (Wildman–Crippen MR) is 99.4 cm³/mol. The topological polar surface area (TPSA) is 79.7 Å². The first-order valence-electron chi connectivity index (χ1n) is 8.72. The van der Waals surface area contributed by atoms with Crippen LogP contribution in [0.1, 0.15) is 45.5 Å². The van der Waals surface area contributed by atoms with E-state index in [9.17, 15) is 14.7 Å². The van der Waals surface area contributed by atoms with Gasteiger partial charge in [0.05, 0.1) is 18.4 Å². The minimum Gasteiger partial charge on any atom is -0.462 e. The van der Waals surface area contributed by atoms with Crippen LogP contribution in [0.4, 0.5) is 0 Å². The van der Waals surface area contributed by atoms with Crippen molar-refractivity contribution < 1.29 is 19.4 Å². The molecule has 0 unspecified atom stereocenters. The smallest absolute Gasteiger partial charge is 0.350 e. The monoisotopic (exact) mass is 374 g/mol. The van der Waals surface area contributed by atoms with Gasteiger partial charge in [-0.15, -0.1) is 11.3 Å². The number of nitrogens with zero attached hydrogens (tertiary/aromatic N) is 2. The second kappa shape index (κ2) is 7.97. The summed E-state index contributed by atoms with van der Waals surface area (Å²) in [5.74, 6) is -0.465. The summed E-state index contributed by atoms with van der Waals surface area (Å²) in [5, 5.41) is 10.5. The fourth-order valence-electron chi connectivity index (χ4n) is 3.01. The van der Waals surface area contributed by atoms with E-state index in [1.807, 2.05) is 12.1 Å². The summed E-state index contributed by atoms with van der Waals surface area (Å²) in [4.78, 5) is 31.3. The number of ether oxygens (including phenoxy) is 1. The highest BCUT2D eigenvalue weighted by molar-refractivity contribution is 7.17. The summed E-state index contributed by atoms with van der Waals surface area (Å²) < 4.78 is 5.06. The van der Waals surface area contributed by atoms with E-state index in [1.165, 1.54) is 11.3 Å². The molecule has 0 radical (unpaired) electrons. The molecule has 6 nitrogen and oxygen atoms in total. The molecule has 1 aromatic carbocycles. The molecule has 1 aliphatic rings. The van der Waals surface area contributed by atoms with E-state index in [1.54, 1.807) is 30.9 Å². The molecule has 1 amide bonds. The van der Waals surface area contributed by atoms with Crippen molar-refractivity contribution in [2.45, 2.75) is 32.8 Å². The Hall–Kier alpha value is -2.25. The highest BCUT2D eigenvalue weighted by Gasteiger charge is 2.24. The Morgan fingerprint density at radius 2 is 2.23 bits per heavy atom. The summed E-state index contributed by atoms with van der Waals surface area (Å²) in [6.45, 7) is 4.88. The van der Waals surface area contributed by atoms with Crippen LogP contribution in [0.2, 0.25) is 0 Å². The van der Waals surface area contributed by atoms with Crippen molar-refractivity contribution in [1.29, 1.82) is 0 Å². The molecule has 1 N–H and O–H groups in total. The first-order chi connectivity index (χ1) is 12.5. The van der Waals surface area contributed by atoms with Crippen LogP contribution in [0.5, 0.6) is 0 Å². The average Bonchev–Trinajstić information content (AvgIpc) is 3.03. The Balaban J connectivity index is 1.84. The maximum atomic E-state index is 12.7. The number of aliphatic hydroxyl groups excluding tert-OH is 1. The number of thiazole rings is 1. The lowest BCUT2D eigenvalue weighted by Gasteiger charge is -2.30. The lowest BCUT2D eigenvalue weighted by molar-refractivity contribution is 0.0473. The van der Waals surface area contributed by atoms with Crippen molar-refractivity contribution in [1.82, 2.24) is 9.88 Å². The number of aromatic nitrogens is 1. The molecule has 26 heavy (non-hydrogen) atoms. The standard InChI is InChI=1S/C19H22N2O4S/c1-3-25-19(24)16-12(2)20-17(26-16)13-6-4-7-14(10-13)18(23)21-9-5-8-15(22)11-21/h4,6-7,10,15,22H,3,5,8-9,11H2,1-2H3/t15-/m0/s1. The van der Waals surface area contributed by atoms with Crippen molar-refractivity contribution in [2.75, 3.05) is 19.7 Å².